The van der Waals surface area contributed by atoms with E-state index >= 15 is 0 Å². The number of anilines is 1. The average molecular weight is 713 g/mol. The van der Waals surface area contributed by atoms with E-state index in [1.54, 1.807) is 48.3 Å². The van der Waals surface area contributed by atoms with Gasteiger partial charge in [-0.25, -0.2) is 13.4 Å². The number of nitrogens with one attached hydrogen (secondary N) is 2. The third-order valence-corrected chi connectivity index (χ3v) is 11.1. The van der Waals surface area contributed by atoms with Crippen molar-refractivity contribution in [2.45, 2.75) is 61.0 Å². The molecule has 6 rings (SSSR count). The Morgan fingerprint density at radius 2 is 1.72 bits per heavy atom. The van der Waals surface area contributed by atoms with Gasteiger partial charge in [-0.15, -0.1) is 0 Å². The molecule has 1 aliphatic heterocycles. The summed E-state index contributed by atoms with van der Waals surface area (Å²) in [5.41, 5.74) is 4.69. The van der Waals surface area contributed by atoms with Crippen LogP contribution in [0.3, 0.4) is 0 Å². The van der Waals surface area contributed by atoms with E-state index in [9.17, 15) is 18.3 Å². The maximum atomic E-state index is 13.8. The van der Waals surface area contributed by atoms with Gasteiger partial charge in [0, 0.05) is 42.9 Å². The van der Waals surface area contributed by atoms with E-state index in [2.05, 4.69) is 15.0 Å². The predicted molar refractivity (Wildman–Crippen MR) is 193 cm³/mol. The van der Waals surface area contributed by atoms with E-state index in [0.29, 0.717) is 23.4 Å². The number of imidazole rings is 1. The Balaban J connectivity index is 1.22. The number of ether oxygens (including phenoxy) is 2. The molecule has 1 aliphatic rings. The molecule has 4 unspecified atom stereocenters. The molecule has 12 heteroatoms. The van der Waals surface area contributed by atoms with Crippen molar-refractivity contribution in [2.75, 3.05) is 11.1 Å². The van der Waals surface area contributed by atoms with Crippen LogP contribution in [0.4, 0.5) is 5.69 Å². The number of aliphatic hydroxyl groups excluding tert-OH is 1. The standard InChI is InChI=1S/C38H40N4O6S2/c1-26-11-17-33(18-12-26)50(45,46)41-34(21-27-7-4-3-5-8-27)36(44)40-31-10-6-9-30(22-31)37-47-32(25-49-38-39-19-20-42(38)2)23-35(48-37)29-15-13-28(24-43)14-16-29/h3-20,22,32,34-35,37,41,43H,21,23-25H2,1-2H3,(H,40,44). The zero-order valence-electron chi connectivity index (χ0n) is 27.8. The highest BCUT2D eigenvalue weighted by molar-refractivity contribution is 7.99. The van der Waals surface area contributed by atoms with Crippen molar-refractivity contribution < 1.29 is 27.8 Å². The van der Waals surface area contributed by atoms with Crippen molar-refractivity contribution >= 4 is 33.4 Å². The molecule has 3 N–H and O–H groups in total. The maximum Gasteiger partial charge on any atom is 0.242 e. The van der Waals surface area contributed by atoms with Crippen molar-refractivity contribution in [3.63, 3.8) is 0 Å². The van der Waals surface area contributed by atoms with Crippen LogP contribution >= 0.6 is 11.8 Å². The molecule has 1 aromatic heterocycles. The van der Waals surface area contributed by atoms with Gasteiger partial charge in [0.1, 0.15) is 6.04 Å². The van der Waals surface area contributed by atoms with Gasteiger partial charge in [0.2, 0.25) is 15.9 Å². The minimum absolute atomic E-state index is 0.0431. The minimum Gasteiger partial charge on any atom is -0.392 e. The van der Waals surface area contributed by atoms with Crippen molar-refractivity contribution in [3.05, 3.63) is 143 Å². The van der Waals surface area contributed by atoms with E-state index in [1.165, 1.54) is 12.1 Å². The van der Waals surface area contributed by atoms with Crippen molar-refractivity contribution in [3.8, 4) is 0 Å². The second-order valence-corrected chi connectivity index (χ2v) is 15.0. The summed E-state index contributed by atoms with van der Waals surface area (Å²) in [4.78, 5) is 18.3. The molecule has 4 aromatic carbocycles. The fraction of sp³-hybridized carbons (Fsp3) is 0.263. The number of benzene rings is 4. The lowest BCUT2D eigenvalue weighted by Gasteiger charge is -2.36. The first kappa shape index (κ1) is 35.5. The lowest BCUT2D eigenvalue weighted by atomic mass is 10.0. The van der Waals surface area contributed by atoms with Gasteiger partial charge < -0.3 is 24.5 Å². The first-order chi connectivity index (χ1) is 24.2. The lowest BCUT2D eigenvalue weighted by molar-refractivity contribution is -0.245. The van der Waals surface area contributed by atoms with Crippen LogP contribution in [0, 0.1) is 6.92 Å². The molecule has 0 bridgehead atoms. The Kier molecular flexibility index (Phi) is 11.5. The van der Waals surface area contributed by atoms with E-state index in [0.717, 1.165) is 27.4 Å². The Bertz CT molecular complexity index is 1990. The number of hydrogen-bond acceptors (Lipinski definition) is 8. The Morgan fingerprint density at radius 3 is 2.42 bits per heavy atom. The minimum atomic E-state index is -4.00. The molecule has 0 radical (unpaired) electrons. The molecule has 0 spiro atoms. The number of aryl methyl sites for hydroxylation is 2. The second-order valence-electron chi connectivity index (χ2n) is 12.3. The van der Waals surface area contributed by atoms with Crippen LogP contribution in [0.1, 0.15) is 46.6 Å². The number of carbonyl (C=O) groups is 1. The van der Waals surface area contributed by atoms with Crippen LogP contribution in [0.25, 0.3) is 0 Å². The van der Waals surface area contributed by atoms with Gasteiger partial charge in [0.05, 0.1) is 23.7 Å². The van der Waals surface area contributed by atoms with Crippen LogP contribution in [0.2, 0.25) is 0 Å². The van der Waals surface area contributed by atoms with Gasteiger partial charge >= 0.3 is 0 Å². The zero-order chi connectivity index (χ0) is 35.1. The normalized spacial score (nSPS) is 18.4. The summed E-state index contributed by atoms with van der Waals surface area (Å²) < 4.78 is 44.4. The molecule has 1 fully saturated rings. The van der Waals surface area contributed by atoms with Gasteiger partial charge in [-0.1, -0.05) is 96.2 Å². The van der Waals surface area contributed by atoms with Crippen molar-refractivity contribution in [1.82, 2.24) is 14.3 Å². The summed E-state index contributed by atoms with van der Waals surface area (Å²) in [5, 5.41) is 13.4. The van der Waals surface area contributed by atoms with Crippen LogP contribution in [-0.4, -0.2) is 46.9 Å². The Labute approximate surface area is 296 Å². The zero-order valence-corrected chi connectivity index (χ0v) is 29.4. The second kappa shape index (κ2) is 16.2. The van der Waals surface area contributed by atoms with E-state index in [-0.39, 0.29) is 30.1 Å². The third kappa shape index (κ3) is 9.08. The fourth-order valence-electron chi connectivity index (χ4n) is 5.68. The number of thioether (sulfide) groups is 1. The summed E-state index contributed by atoms with van der Waals surface area (Å²) in [6.07, 6.45) is 3.23. The first-order valence-corrected chi connectivity index (χ1v) is 18.8. The third-order valence-electron chi connectivity index (χ3n) is 8.44. The quantitative estimate of drug-likeness (QED) is 0.125. The molecule has 50 heavy (non-hydrogen) atoms. The summed E-state index contributed by atoms with van der Waals surface area (Å²) >= 11 is 1.60. The summed E-state index contributed by atoms with van der Waals surface area (Å²) in [6, 6.07) is 29.6. The SMILES string of the molecule is Cc1ccc(S(=O)(=O)NC(Cc2ccccc2)C(=O)Nc2cccc(C3OC(CSc4nccn4C)CC(c4ccc(CO)cc4)O3)c2)cc1. The lowest BCUT2D eigenvalue weighted by Crippen LogP contribution is -2.45. The molecule has 260 valence electrons. The molecule has 10 nitrogen and oxygen atoms in total. The summed E-state index contributed by atoms with van der Waals surface area (Å²) in [7, 11) is -2.05. The molecular formula is C38H40N4O6S2. The number of carbonyl (C=O) groups excluding carboxylic acids is 1. The highest BCUT2D eigenvalue weighted by Crippen LogP contribution is 2.39. The topological polar surface area (TPSA) is 132 Å². The van der Waals surface area contributed by atoms with E-state index in [1.807, 2.05) is 85.4 Å². The Hall–Kier alpha value is -4.30. The van der Waals surface area contributed by atoms with Crippen molar-refractivity contribution in [2.24, 2.45) is 7.05 Å². The number of aromatic nitrogens is 2. The van der Waals surface area contributed by atoms with Gasteiger partial charge in [-0.05, 0) is 54.3 Å². The number of rotatable bonds is 13. The smallest absolute Gasteiger partial charge is 0.242 e. The van der Waals surface area contributed by atoms with Gasteiger partial charge in [-0.3, -0.25) is 4.79 Å². The van der Waals surface area contributed by atoms with Gasteiger partial charge in [0.15, 0.2) is 11.4 Å². The number of aliphatic hydroxyl groups is 1. The number of hydrogen-bond donors (Lipinski definition) is 3. The highest BCUT2D eigenvalue weighted by Gasteiger charge is 2.33. The largest absolute Gasteiger partial charge is 0.392 e. The van der Waals surface area contributed by atoms with E-state index < -0.39 is 28.3 Å². The Morgan fingerprint density at radius 1 is 0.960 bits per heavy atom. The fourth-order valence-corrected chi connectivity index (χ4v) is 7.83. The first-order valence-electron chi connectivity index (χ1n) is 16.3. The number of sulfonamides is 1. The summed E-state index contributed by atoms with van der Waals surface area (Å²) in [5.74, 6) is 0.146. The molecule has 0 saturated carbocycles. The highest BCUT2D eigenvalue weighted by atomic mass is 32.2. The van der Waals surface area contributed by atoms with Gasteiger partial charge in [0.25, 0.3) is 0 Å². The van der Waals surface area contributed by atoms with Crippen LogP contribution in [0.15, 0.2) is 126 Å². The monoisotopic (exact) mass is 712 g/mol. The van der Waals surface area contributed by atoms with Crippen molar-refractivity contribution in [1.29, 1.82) is 0 Å². The molecule has 0 aliphatic carbocycles. The van der Waals surface area contributed by atoms with E-state index in [4.69, 9.17) is 9.47 Å². The van der Waals surface area contributed by atoms with Crippen LogP contribution in [0.5, 0.6) is 0 Å². The van der Waals surface area contributed by atoms with Crippen LogP contribution < -0.4 is 10.0 Å². The van der Waals surface area contributed by atoms with Gasteiger partial charge in [-0.2, -0.15) is 4.72 Å². The predicted octanol–water partition coefficient (Wildman–Crippen LogP) is 6.09. The maximum absolute atomic E-state index is 13.8. The van der Waals surface area contributed by atoms with Crippen LogP contribution in [-0.2, 0) is 44.4 Å². The number of nitrogens with zero attached hydrogens (tertiary/aromatic N) is 2. The number of amides is 1. The molecule has 2 heterocycles. The summed E-state index contributed by atoms with van der Waals surface area (Å²) in [6.45, 7) is 1.84. The molecule has 1 saturated heterocycles. The molecule has 1 amide bonds. The average Bonchev–Trinajstić information content (AvgIpc) is 3.55. The molecule has 4 atom stereocenters. The molecule has 5 aromatic rings. The molecular weight excluding hydrogens is 673 g/mol.